The molecule has 4 aromatic rings. The fourth-order valence-electron chi connectivity index (χ4n) is 6.91. The first-order chi connectivity index (χ1) is 22.0. The van der Waals surface area contributed by atoms with Gasteiger partial charge in [0.15, 0.2) is 0 Å². The summed E-state index contributed by atoms with van der Waals surface area (Å²) >= 11 is 0. The molecule has 240 valence electrons. The topological polar surface area (TPSA) is 52.0 Å². The first kappa shape index (κ1) is 34.4. The molecule has 2 nitrogen and oxygen atoms in total. The summed E-state index contributed by atoms with van der Waals surface area (Å²) in [7, 11) is 0. The van der Waals surface area contributed by atoms with Crippen molar-refractivity contribution < 1.29 is 0 Å². The number of unbranched alkanes of at least 4 members (excludes halogenated alkanes) is 5. The molecule has 4 rings (SSSR count). The van der Waals surface area contributed by atoms with Gasteiger partial charge in [0.05, 0.1) is 0 Å². The van der Waals surface area contributed by atoms with Crippen molar-refractivity contribution >= 4 is 11.4 Å². The molecule has 0 spiro atoms. The van der Waals surface area contributed by atoms with E-state index in [4.69, 9.17) is 11.5 Å². The fraction of sp³-hybridized carbons (Fsp3) is 0.442. The number of nitrogens with two attached hydrogens (primary N) is 2. The Morgan fingerprint density at radius 2 is 0.733 bits per heavy atom. The van der Waals surface area contributed by atoms with Gasteiger partial charge in [0.25, 0.3) is 0 Å². The van der Waals surface area contributed by atoms with E-state index in [2.05, 4.69) is 93.6 Å². The third-order valence-electron chi connectivity index (χ3n) is 9.65. The third kappa shape index (κ3) is 10.8. The maximum Gasteiger partial charge on any atom is 0.0314 e. The van der Waals surface area contributed by atoms with Crippen molar-refractivity contribution in [2.75, 3.05) is 11.5 Å². The molecule has 0 aliphatic carbocycles. The van der Waals surface area contributed by atoms with Crippen molar-refractivity contribution in [2.24, 2.45) is 5.92 Å². The zero-order chi connectivity index (χ0) is 31.9. The SMILES string of the molecule is CCCCCC(c1ccc(N)cc1)c1ccc(CC(CCCC)Cc2ccc(C(CCCCC)c3ccc(N)cc3)cc2)cc1. The number of hydrogen-bond donors (Lipinski definition) is 2. The van der Waals surface area contributed by atoms with Crippen LogP contribution >= 0.6 is 0 Å². The molecule has 0 heterocycles. The molecule has 0 bridgehead atoms. The van der Waals surface area contributed by atoms with Gasteiger partial charge in [-0.3, -0.25) is 0 Å². The maximum absolute atomic E-state index is 6.01. The highest BCUT2D eigenvalue weighted by atomic mass is 14.5. The lowest BCUT2D eigenvalue weighted by atomic mass is 9.84. The van der Waals surface area contributed by atoms with Gasteiger partial charge in [-0.05, 0) is 95.7 Å². The second kappa shape index (κ2) is 18.4. The van der Waals surface area contributed by atoms with Crippen LogP contribution in [0.3, 0.4) is 0 Å². The van der Waals surface area contributed by atoms with E-state index in [-0.39, 0.29) is 0 Å². The van der Waals surface area contributed by atoms with Gasteiger partial charge in [-0.2, -0.15) is 0 Å². The van der Waals surface area contributed by atoms with Crippen molar-refractivity contribution in [2.45, 2.75) is 116 Å². The van der Waals surface area contributed by atoms with Crippen LogP contribution in [-0.2, 0) is 12.8 Å². The van der Waals surface area contributed by atoms with Gasteiger partial charge in [0, 0.05) is 23.2 Å². The molecule has 4 N–H and O–H groups in total. The Morgan fingerprint density at radius 3 is 1.07 bits per heavy atom. The van der Waals surface area contributed by atoms with Gasteiger partial charge in [-0.15, -0.1) is 0 Å². The Labute approximate surface area is 274 Å². The molecule has 0 aliphatic rings. The van der Waals surface area contributed by atoms with Crippen molar-refractivity contribution in [3.63, 3.8) is 0 Å². The molecular weight excluding hydrogens is 544 g/mol. The summed E-state index contributed by atoms with van der Waals surface area (Å²) in [5.41, 5.74) is 22.2. The molecule has 45 heavy (non-hydrogen) atoms. The highest BCUT2D eigenvalue weighted by molar-refractivity contribution is 5.44. The van der Waals surface area contributed by atoms with E-state index >= 15 is 0 Å². The molecule has 2 unspecified atom stereocenters. The molecule has 4 aromatic carbocycles. The minimum Gasteiger partial charge on any atom is -0.399 e. The third-order valence-corrected chi connectivity index (χ3v) is 9.65. The van der Waals surface area contributed by atoms with E-state index in [1.165, 1.54) is 104 Å². The molecular formula is C43H58N2. The van der Waals surface area contributed by atoms with Crippen LogP contribution < -0.4 is 11.5 Å². The van der Waals surface area contributed by atoms with Gasteiger partial charge in [0.1, 0.15) is 0 Å². The summed E-state index contributed by atoms with van der Waals surface area (Å²) in [5, 5.41) is 0. The van der Waals surface area contributed by atoms with Crippen molar-refractivity contribution in [3.8, 4) is 0 Å². The van der Waals surface area contributed by atoms with Gasteiger partial charge in [-0.25, -0.2) is 0 Å². The van der Waals surface area contributed by atoms with Gasteiger partial charge < -0.3 is 11.5 Å². The summed E-state index contributed by atoms with van der Waals surface area (Å²) in [6, 6.07) is 36.2. The lowest BCUT2D eigenvalue weighted by Crippen LogP contribution is -2.10. The summed E-state index contributed by atoms with van der Waals surface area (Å²) in [4.78, 5) is 0. The second-order valence-electron chi connectivity index (χ2n) is 13.3. The smallest absolute Gasteiger partial charge is 0.0314 e. The standard InChI is InChI=1S/C43H58N2/c1-4-7-10-13-42(38-23-27-40(44)28-24-38)36-19-15-33(16-20-36)31-35(12-9-6-3)32-34-17-21-37(22-18-34)43(14-11-8-5-2)39-25-29-41(45)30-26-39/h15-30,35,42-43H,4-14,31-32,44-45H2,1-3H3. The van der Waals surface area contributed by atoms with Crippen molar-refractivity contribution in [1.29, 1.82) is 0 Å². The summed E-state index contributed by atoms with van der Waals surface area (Å²) in [6.07, 6.45) is 16.0. The van der Waals surface area contributed by atoms with Gasteiger partial charge in [-0.1, -0.05) is 145 Å². The molecule has 0 saturated carbocycles. The van der Waals surface area contributed by atoms with Crippen LogP contribution in [0.1, 0.15) is 137 Å². The second-order valence-corrected chi connectivity index (χ2v) is 13.3. The average molecular weight is 603 g/mol. The normalized spacial score (nSPS) is 13.4. The van der Waals surface area contributed by atoms with Crippen LogP contribution in [0, 0.1) is 5.92 Å². The Morgan fingerprint density at radius 1 is 0.400 bits per heavy atom. The van der Waals surface area contributed by atoms with E-state index in [1.54, 1.807) is 0 Å². The lowest BCUT2D eigenvalue weighted by molar-refractivity contribution is 0.460. The fourth-order valence-corrected chi connectivity index (χ4v) is 6.91. The molecule has 2 atom stereocenters. The summed E-state index contributed by atoms with van der Waals surface area (Å²) < 4.78 is 0. The maximum atomic E-state index is 6.01. The van der Waals surface area contributed by atoms with E-state index in [1.807, 2.05) is 24.3 Å². The largest absolute Gasteiger partial charge is 0.399 e. The highest BCUT2D eigenvalue weighted by Crippen LogP contribution is 2.33. The lowest BCUT2D eigenvalue weighted by Gasteiger charge is -2.21. The molecule has 0 aliphatic heterocycles. The monoisotopic (exact) mass is 602 g/mol. The molecule has 0 amide bonds. The van der Waals surface area contributed by atoms with E-state index < -0.39 is 0 Å². The quantitative estimate of drug-likeness (QED) is 0.0828. The number of rotatable bonds is 19. The predicted molar refractivity (Wildman–Crippen MR) is 197 cm³/mol. The Kier molecular flexibility index (Phi) is 14.1. The van der Waals surface area contributed by atoms with E-state index in [9.17, 15) is 0 Å². The molecule has 0 fully saturated rings. The first-order valence-electron chi connectivity index (χ1n) is 17.9. The van der Waals surface area contributed by atoms with E-state index in [0.29, 0.717) is 17.8 Å². The zero-order valence-corrected chi connectivity index (χ0v) is 28.3. The molecule has 2 heteroatoms. The number of hydrogen-bond acceptors (Lipinski definition) is 2. The number of nitrogen functional groups attached to an aromatic ring is 2. The van der Waals surface area contributed by atoms with Crippen LogP contribution in [0.4, 0.5) is 11.4 Å². The van der Waals surface area contributed by atoms with Crippen molar-refractivity contribution in [1.82, 2.24) is 0 Å². The Balaban J connectivity index is 1.46. The minimum atomic E-state index is 0.430. The van der Waals surface area contributed by atoms with Crippen LogP contribution in [0.15, 0.2) is 97.1 Å². The van der Waals surface area contributed by atoms with Crippen molar-refractivity contribution in [3.05, 3.63) is 130 Å². The summed E-state index contributed by atoms with van der Waals surface area (Å²) in [5.74, 6) is 1.51. The van der Waals surface area contributed by atoms with Crippen LogP contribution in [0.5, 0.6) is 0 Å². The predicted octanol–water partition coefficient (Wildman–Crippen LogP) is 11.9. The molecule has 0 aromatic heterocycles. The first-order valence-corrected chi connectivity index (χ1v) is 17.9. The average Bonchev–Trinajstić information content (AvgIpc) is 3.06. The Hall–Kier alpha value is -3.52. The van der Waals surface area contributed by atoms with Gasteiger partial charge >= 0.3 is 0 Å². The molecule has 0 saturated heterocycles. The number of benzene rings is 4. The Bertz CT molecular complexity index is 1250. The number of anilines is 2. The summed E-state index contributed by atoms with van der Waals surface area (Å²) in [6.45, 7) is 6.87. The van der Waals surface area contributed by atoms with Gasteiger partial charge in [0.2, 0.25) is 0 Å². The zero-order valence-electron chi connectivity index (χ0n) is 28.3. The van der Waals surface area contributed by atoms with Crippen LogP contribution in [0.2, 0.25) is 0 Å². The van der Waals surface area contributed by atoms with Crippen LogP contribution in [0.25, 0.3) is 0 Å². The van der Waals surface area contributed by atoms with Crippen LogP contribution in [-0.4, -0.2) is 0 Å². The molecule has 0 radical (unpaired) electrons. The minimum absolute atomic E-state index is 0.430. The highest BCUT2D eigenvalue weighted by Gasteiger charge is 2.17. The van der Waals surface area contributed by atoms with E-state index in [0.717, 1.165) is 24.2 Å².